The van der Waals surface area contributed by atoms with E-state index in [9.17, 15) is 0 Å². The van der Waals surface area contributed by atoms with Gasteiger partial charge in [-0.2, -0.15) is 0 Å². The van der Waals surface area contributed by atoms with Crippen LogP contribution in [0.2, 0.25) is 0 Å². The molecule has 1 saturated carbocycles. The molecule has 0 bridgehead atoms. The molecule has 1 heteroatoms. The molecule has 1 nitrogen and oxygen atoms in total. The van der Waals surface area contributed by atoms with Crippen LogP contribution in [0, 0.1) is 17.8 Å². The van der Waals surface area contributed by atoms with Crippen LogP contribution in [0.1, 0.15) is 58.8 Å². The molecule has 14 heavy (non-hydrogen) atoms. The maximum Gasteiger partial charge on any atom is -0.00489 e. The second kappa shape index (κ2) is 6.44. The number of hydrogen-bond donors (Lipinski definition) is 1. The fourth-order valence-electron chi connectivity index (χ4n) is 2.48. The van der Waals surface area contributed by atoms with E-state index in [1.807, 2.05) is 0 Å². The van der Waals surface area contributed by atoms with Crippen LogP contribution < -0.4 is 5.73 Å². The van der Waals surface area contributed by atoms with E-state index in [4.69, 9.17) is 5.73 Å². The summed E-state index contributed by atoms with van der Waals surface area (Å²) < 4.78 is 0. The topological polar surface area (TPSA) is 26.0 Å². The molecule has 1 fully saturated rings. The molecule has 1 aliphatic carbocycles. The highest BCUT2D eigenvalue weighted by molar-refractivity contribution is 4.73. The summed E-state index contributed by atoms with van der Waals surface area (Å²) >= 11 is 0. The van der Waals surface area contributed by atoms with Crippen LogP contribution >= 0.6 is 0 Å². The molecule has 2 N–H and O–H groups in total. The van der Waals surface area contributed by atoms with E-state index in [1.165, 1.54) is 44.9 Å². The van der Waals surface area contributed by atoms with Gasteiger partial charge in [-0.3, -0.25) is 0 Å². The van der Waals surface area contributed by atoms with Crippen molar-refractivity contribution in [3.05, 3.63) is 0 Å². The van der Waals surface area contributed by atoms with Crippen molar-refractivity contribution >= 4 is 0 Å². The van der Waals surface area contributed by atoms with Gasteiger partial charge in [-0.25, -0.2) is 0 Å². The summed E-state index contributed by atoms with van der Waals surface area (Å²) in [7, 11) is 0. The highest BCUT2D eigenvalue weighted by Crippen LogP contribution is 2.32. The third-order valence-electron chi connectivity index (χ3n) is 4.06. The Labute approximate surface area is 89.5 Å². The Kier molecular flexibility index (Phi) is 5.54. The van der Waals surface area contributed by atoms with Crippen molar-refractivity contribution in [2.24, 2.45) is 23.5 Å². The number of rotatable bonds is 5. The monoisotopic (exact) mass is 197 g/mol. The Bertz CT molecular complexity index is 136. The summed E-state index contributed by atoms with van der Waals surface area (Å²) in [6.07, 6.45) is 9.92. The van der Waals surface area contributed by atoms with Gasteiger partial charge in [0.25, 0.3) is 0 Å². The Balaban J connectivity index is 2.10. The van der Waals surface area contributed by atoms with Crippen molar-refractivity contribution in [3.63, 3.8) is 0 Å². The van der Waals surface area contributed by atoms with Gasteiger partial charge in [0.1, 0.15) is 0 Å². The fraction of sp³-hybridized carbons (Fsp3) is 1.00. The highest BCUT2D eigenvalue weighted by atomic mass is 14.5. The Morgan fingerprint density at radius 3 is 2.21 bits per heavy atom. The summed E-state index contributed by atoms with van der Waals surface area (Å²) in [5, 5.41) is 0. The van der Waals surface area contributed by atoms with E-state index >= 15 is 0 Å². The molecule has 1 rings (SSSR count). The molecule has 0 aliphatic heterocycles. The largest absolute Gasteiger partial charge is 0.330 e. The lowest BCUT2D eigenvalue weighted by atomic mass is 9.79. The van der Waals surface area contributed by atoms with Gasteiger partial charge in [0.15, 0.2) is 0 Å². The minimum atomic E-state index is 0.842. The van der Waals surface area contributed by atoms with Crippen molar-refractivity contribution in [3.8, 4) is 0 Å². The molecule has 0 spiro atoms. The zero-order chi connectivity index (χ0) is 10.4. The average Bonchev–Trinajstić information content (AvgIpc) is 2.26. The predicted octanol–water partition coefficient (Wildman–Crippen LogP) is 3.58. The maximum absolute atomic E-state index is 5.69. The van der Waals surface area contributed by atoms with Crippen molar-refractivity contribution in [1.29, 1.82) is 0 Å². The molecule has 1 unspecified atom stereocenters. The minimum absolute atomic E-state index is 0.842. The van der Waals surface area contributed by atoms with Gasteiger partial charge in [0, 0.05) is 0 Å². The van der Waals surface area contributed by atoms with Gasteiger partial charge in [-0.1, -0.05) is 46.0 Å². The molecular weight excluding hydrogens is 170 g/mol. The Hall–Kier alpha value is -0.0400. The Morgan fingerprint density at radius 2 is 1.71 bits per heavy atom. The molecule has 1 aliphatic rings. The first-order valence-corrected chi connectivity index (χ1v) is 6.46. The van der Waals surface area contributed by atoms with Crippen LogP contribution in [0.4, 0.5) is 0 Å². The van der Waals surface area contributed by atoms with E-state index in [2.05, 4.69) is 13.8 Å². The van der Waals surface area contributed by atoms with Gasteiger partial charge in [-0.15, -0.1) is 0 Å². The first-order chi connectivity index (χ1) is 6.76. The van der Waals surface area contributed by atoms with Crippen molar-refractivity contribution in [2.75, 3.05) is 6.54 Å². The zero-order valence-corrected chi connectivity index (χ0v) is 9.97. The van der Waals surface area contributed by atoms with E-state index < -0.39 is 0 Å². The molecule has 0 radical (unpaired) electrons. The maximum atomic E-state index is 5.69. The molecule has 1 atom stereocenters. The molecule has 0 aromatic rings. The standard InChI is InChI=1S/C13H27N/c1-3-11(2)4-5-12-6-8-13(10-14)9-7-12/h11-13H,3-10,14H2,1-2H3. The van der Waals surface area contributed by atoms with Crippen LogP contribution in [0.25, 0.3) is 0 Å². The zero-order valence-electron chi connectivity index (χ0n) is 9.97. The quantitative estimate of drug-likeness (QED) is 0.716. The molecule has 0 heterocycles. The summed E-state index contributed by atoms with van der Waals surface area (Å²) in [4.78, 5) is 0. The van der Waals surface area contributed by atoms with Gasteiger partial charge < -0.3 is 5.73 Å². The molecule has 0 aromatic carbocycles. The van der Waals surface area contributed by atoms with Crippen molar-refractivity contribution in [2.45, 2.75) is 58.8 Å². The minimum Gasteiger partial charge on any atom is -0.330 e. The SMILES string of the molecule is CCC(C)CCC1CCC(CN)CC1. The number of nitrogens with two attached hydrogens (primary N) is 1. The molecule has 0 saturated heterocycles. The molecular formula is C13H27N. The lowest BCUT2D eigenvalue weighted by Crippen LogP contribution is -2.21. The average molecular weight is 197 g/mol. The summed E-state index contributed by atoms with van der Waals surface area (Å²) in [5.41, 5.74) is 5.69. The highest BCUT2D eigenvalue weighted by Gasteiger charge is 2.20. The summed E-state index contributed by atoms with van der Waals surface area (Å²) in [6, 6.07) is 0. The molecule has 0 aromatic heterocycles. The third kappa shape index (κ3) is 4.00. The second-order valence-electron chi connectivity index (χ2n) is 5.21. The van der Waals surface area contributed by atoms with Crippen LogP contribution in [0.3, 0.4) is 0 Å². The van der Waals surface area contributed by atoms with Crippen molar-refractivity contribution in [1.82, 2.24) is 0 Å². The van der Waals surface area contributed by atoms with Crippen LogP contribution in [0.5, 0.6) is 0 Å². The first kappa shape index (κ1) is 12.0. The van der Waals surface area contributed by atoms with Crippen LogP contribution in [-0.4, -0.2) is 6.54 Å². The molecule has 0 amide bonds. The third-order valence-corrected chi connectivity index (χ3v) is 4.06. The van der Waals surface area contributed by atoms with E-state index in [1.54, 1.807) is 0 Å². The van der Waals surface area contributed by atoms with Gasteiger partial charge in [-0.05, 0) is 37.1 Å². The lowest BCUT2D eigenvalue weighted by molar-refractivity contribution is 0.254. The lowest BCUT2D eigenvalue weighted by Gasteiger charge is -2.28. The fourth-order valence-corrected chi connectivity index (χ4v) is 2.48. The van der Waals surface area contributed by atoms with Gasteiger partial charge in [0.05, 0.1) is 0 Å². The van der Waals surface area contributed by atoms with E-state index in [0.29, 0.717) is 0 Å². The van der Waals surface area contributed by atoms with Gasteiger partial charge >= 0.3 is 0 Å². The van der Waals surface area contributed by atoms with E-state index in [-0.39, 0.29) is 0 Å². The Morgan fingerprint density at radius 1 is 1.14 bits per heavy atom. The number of hydrogen-bond acceptors (Lipinski definition) is 1. The van der Waals surface area contributed by atoms with Crippen molar-refractivity contribution < 1.29 is 0 Å². The van der Waals surface area contributed by atoms with Crippen LogP contribution in [-0.2, 0) is 0 Å². The first-order valence-electron chi connectivity index (χ1n) is 6.46. The second-order valence-corrected chi connectivity index (χ2v) is 5.21. The van der Waals surface area contributed by atoms with E-state index in [0.717, 1.165) is 24.3 Å². The van der Waals surface area contributed by atoms with Gasteiger partial charge in [0.2, 0.25) is 0 Å². The van der Waals surface area contributed by atoms with Crippen LogP contribution in [0.15, 0.2) is 0 Å². The normalized spacial score (nSPS) is 30.2. The summed E-state index contributed by atoms with van der Waals surface area (Å²) in [5.74, 6) is 2.80. The predicted molar refractivity (Wildman–Crippen MR) is 63.2 cm³/mol. The molecule has 84 valence electrons. The summed E-state index contributed by atoms with van der Waals surface area (Å²) in [6.45, 7) is 5.60. The smallest absolute Gasteiger partial charge is 0.00489 e.